The quantitative estimate of drug-likeness (QED) is 0.664. The smallest absolute Gasteiger partial charge is 0.244 e. The van der Waals surface area contributed by atoms with Crippen LogP contribution in [0.5, 0.6) is 0 Å². The van der Waals surface area contributed by atoms with E-state index < -0.39 is 10.0 Å². The molecule has 7 nitrogen and oxygen atoms in total. The van der Waals surface area contributed by atoms with E-state index in [9.17, 15) is 13.2 Å². The lowest BCUT2D eigenvalue weighted by Gasteiger charge is -2.25. The van der Waals surface area contributed by atoms with Crippen molar-refractivity contribution in [1.29, 1.82) is 0 Å². The predicted molar refractivity (Wildman–Crippen MR) is 110 cm³/mol. The van der Waals surface area contributed by atoms with Crippen molar-refractivity contribution < 1.29 is 17.9 Å². The second-order valence-corrected chi connectivity index (χ2v) is 9.59. The van der Waals surface area contributed by atoms with Crippen molar-refractivity contribution >= 4 is 56.6 Å². The SMILES string of the molecule is O=C(CSc1ccc(S(=O)(=O)N2CCOCC2)cn1)Nc1cc(Cl)ccc1Cl. The van der Waals surface area contributed by atoms with Crippen LogP contribution in [0.2, 0.25) is 10.0 Å². The third-order valence-corrected chi connectivity index (χ3v) is 7.26. The van der Waals surface area contributed by atoms with Crippen LogP contribution in [0.4, 0.5) is 5.69 Å². The van der Waals surface area contributed by atoms with Gasteiger partial charge in [-0.1, -0.05) is 35.0 Å². The number of nitrogens with zero attached hydrogens (tertiary/aromatic N) is 2. The van der Waals surface area contributed by atoms with E-state index in [0.717, 1.165) is 0 Å². The number of nitrogens with one attached hydrogen (secondary N) is 1. The summed E-state index contributed by atoms with van der Waals surface area (Å²) in [6.07, 6.45) is 1.30. The molecule has 1 aromatic carbocycles. The average Bonchev–Trinajstić information content (AvgIpc) is 2.70. The molecule has 2 aromatic rings. The lowest BCUT2D eigenvalue weighted by Crippen LogP contribution is -2.40. The van der Waals surface area contributed by atoms with Gasteiger partial charge < -0.3 is 10.1 Å². The van der Waals surface area contributed by atoms with Crippen LogP contribution in [0.3, 0.4) is 0 Å². The minimum atomic E-state index is -3.58. The Balaban J connectivity index is 1.58. The van der Waals surface area contributed by atoms with Gasteiger partial charge in [0, 0.05) is 24.3 Å². The first-order chi connectivity index (χ1) is 13.4. The Kier molecular flexibility index (Phi) is 7.19. The number of anilines is 1. The van der Waals surface area contributed by atoms with Crippen LogP contribution in [0.25, 0.3) is 0 Å². The number of carbonyl (C=O) groups is 1. The highest BCUT2D eigenvalue weighted by atomic mass is 35.5. The van der Waals surface area contributed by atoms with Crippen LogP contribution in [-0.2, 0) is 19.6 Å². The summed E-state index contributed by atoms with van der Waals surface area (Å²) in [4.78, 5) is 16.4. The van der Waals surface area contributed by atoms with Gasteiger partial charge in [0.15, 0.2) is 0 Å². The fourth-order valence-corrected chi connectivity index (χ4v) is 4.79. The third-order valence-electron chi connectivity index (χ3n) is 3.87. The molecule has 0 saturated carbocycles. The first-order valence-electron chi connectivity index (χ1n) is 8.28. The molecule has 1 aliphatic heterocycles. The monoisotopic (exact) mass is 461 g/mol. The van der Waals surface area contributed by atoms with E-state index in [1.54, 1.807) is 24.3 Å². The number of halogens is 2. The highest BCUT2D eigenvalue weighted by molar-refractivity contribution is 7.99. The largest absolute Gasteiger partial charge is 0.379 e. The van der Waals surface area contributed by atoms with Crippen molar-refractivity contribution in [2.75, 3.05) is 37.4 Å². The summed E-state index contributed by atoms with van der Waals surface area (Å²) < 4.78 is 31.7. The van der Waals surface area contributed by atoms with E-state index in [-0.39, 0.29) is 16.6 Å². The molecule has 1 amide bonds. The molecule has 2 heterocycles. The highest BCUT2D eigenvalue weighted by Crippen LogP contribution is 2.26. The average molecular weight is 462 g/mol. The van der Waals surface area contributed by atoms with Crippen molar-refractivity contribution in [2.24, 2.45) is 0 Å². The molecule has 0 spiro atoms. The Morgan fingerprint density at radius 2 is 1.96 bits per heavy atom. The highest BCUT2D eigenvalue weighted by Gasteiger charge is 2.26. The van der Waals surface area contributed by atoms with Gasteiger partial charge in [0.2, 0.25) is 15.9 Å². The van der Waals surface area contributed by atoms with Gasteiger partial charge in [-0.25, -0.2) is 13.4 Å². The van der Waals surface area contributed by atoms with Crippen LogP contribution in [-0.4, -0.2) is 55.7 Å². The van der Waals surface area contributed by atoms with Crippen LogP contribution in [0, 0.1) is 0 Å². The molecule has 0 atom stereocenters. The number of rotatable bonds is 6. The summed E-state index contributed by atoms with van der Waals surface area (Å²) >= 11 is 13.1. The Morgan fingerprint density at radius 3 is 2.64 bits per heavy atom. The lowest BCUT2D eigenvalue weighted by atomic mass is 10.3. The Morgan fingerprint density at radius 1 is 1.21 bits per heavy atom. The number of sulfonamides is 1. The van der Waals surface area contributed by atoms with Gasteiger partial charge in [0.1, 0.15) is 4.90 Å². The number of morpholine rings is 1. The molecule has 0 unspecified atom stereocenters. The van der Waals surface area contributed by atoms with Gasteiger partial charge in [-0.2, -0.15) is 4.31 Å². The topological polar surface area (TPSA) is 88.6 Å². The van der Waals surface area contributed by atoms with Crippen molar-refractivity contribution in [1.82, 2.24) is 9.29 Å². The Bertz CT molecular complexity index is 949. The zero-order chi connectivity index (χ0) is 20.1. The zero-order valence-corrected chi connectivity index (χ0v) is 17.7. The molecular weight excluding hydrogens is 445 g/mol. The van der Waals surface area contributed by atoms with E-state index in [2.05, 4.69) is 10.3 Å². The van der Waals surface area contributed by atoms with E-state index in [4.69, 9.17) is 27.9 Å². The summed E-state index contributed by atoms with van der Waals surface area (Å²) in [5.74, 6) is -0.188. The van der Waals surface area contributed by atoms with E-state index in [1.165, 1.54) is 28.3 Å². The summed E-state index contributed by atoms with van der Waals surface area (Å²) in [6.45, 7) is 1.41. The fraction of sp³-hybridized carbons (Fsp3) is 0.294. The number of hydrogen-bond donors (Lipinski definition) is 1. The number of aromatic nitrogens is 1. The minimum Gasteiger partial charge on any atom is -0.379 e. The molecule has 0 aliphatic carbocycles. The maximum absolute atomic E-state index is 12.6. The fourth-order valence-electron chi connectivity index (χ4n) is 2.46. The van der Waals surface area contributed by atoms with Crippen LogP contribution >= 0.6 is 35.0 Å². The third kappa shape index (κ3) is 5.37. The Hall–Kier alpha value is -1.36. The summed E-state index contributed by atoms with van der Waals surface area (Å²) in [5.41, 5.74) is 0.430. The van der Waals surface area contributed by atoms with Crippen molar-refractivity contribution in [2.45, 2.75) is 9.92 Å². The molecule has 3 rings (SSSR count). The number of carbonyl (C=O) groups excluding carboxylic acids is 1. The minimum absolute atomic E-state index is 0.0887. The van der Waals surface area contributed by atoms with E-state index in [1.807, 2.05) is 0 Å². The predicted octanol–water partition coefficient (Wildman–Crippen LogP) is 3.14. The van der Waals surface area contributed by atoms with Crippen LogP contribution in [0.1, 0.15) is 0 Å². The Labute approximate surface area is 177 Å². The van der Waals surface area contributed by atoms with Crippen LogP contribution in [0.15, 0.2) is 46.5 Å². The molecule has 11 heteroatoms. The first-order valence-corrected chi connectivity index (χ1v) is 11.5. The van der Waals surface area contributed by atoms with Gasteiger partial charge in [-0.05, 0) is 30.3 Å². The van der Waals surface area contributed by atoms with Crippen LogP contribution < -0.4 is 5.32 Å². The van der Waals surface area contributed by atoms with Gasteiger partial charge in [-0.15, -0.1) is 0 Å². The number of hydrogen-bond acceptors (Lipinski definition) is 6. The maximum atomic E-state index is 12.6. The molecule has 0 radical (unpaired) electrons. The van der Waals surface area contributed by atoms with Gasteiger partial charge in [-0.3, -0.25) is 4.79 Å². The van der Waals surface area contributed by atoms with Crippen molar-refractivity contribution in [3.63, 3.8) is 0 Å². The lowest BCUT2D eigenvalue weighted by molar-refractivity contribution is -0.113. The maximum Gasteiger partial charge on any atom is 0.244 e. The van der Waals surface area contributed by atoms with Gasteiger partial charge in [0.25, 0.3) is 0 Å². The molecule has 28 heavy (non-hydrogen) atoms. The second kappa shape index (κ2) is 9.43. The molecule has 1 N–H and O–H groups in total. The molecule has 1 aliphatic rings. The molecular formula is C17H17Cl2N3O4S2. The number of thioether (sulfide) groups is 1. The van der Waals surface area contributed by atoms with E-state index >= 15 is 0 Å². The van der Waals surface area contributed by atoms with Crippen molar-refractivity contribution in [3.8, 4) is 0 Å². The summed E-state index contributed by atoms with van der Waals surface area (Å²) in [5, 5.41) is 4.07. The summed E-state index contributed by atoms with van der Waals surface area (Å²) in [6, 6.07) is 7.87. The number of benzene rings is 1. The number of amides is 1. The zero-order valence-electron chi connectivity index (χ0n) is 14.6. The van der Waals surface area contributed by atoms with Crippen molar-refractivity contribution in [3.05, 3.63) is 46.6 Å². The second-order valence-electron chi connectivity index (χ2n) is 5.81. The normalized spacial score (nSPS) is 15.4. The summed E-state index contributed by atoms with van der Waals surface area (Å²) in [7, 11) is -3.58. The standard InChI is InChI=1S/C17H17Cl2N3O4S2/c18-12-1-3-14(19)15(9-12)21-16(23)11-27-17-4-2-13(10-20-17)28(24,25)22-5-7-26-8-6-22/h1-4,9-10H,5-8,11H2,(H,21,23). The first kappa shape index (κ1) is 21.4. The molecule has 1 aromatic heterocycles. The van der Waals surface area contributed by atoms with Gasteiger partial charge in [0.05, 0.1) is 34.7 Å². The molecule has 0 bridgehead atoms. The van der Waals surface area contributed by atoms with E-state index in [0.29, 0.717) is 47.1 Å². The number of ether oxygens (including phenoxy) is 1. The molecule has 150 valence electrons. The van der Waals surface area contributed by atoms with Gasteiger partial charge >= 0.3 is 0 Å². The number of pyridine rings is 1. The molecule has 1 saturated heterocycles. The molecule has 1 fully saturated rings.